The summed E-state index contributed by atoms with van der Waals surface area (Å²) in [6.45, 7) is 2.35. The van der Waals surface area contributed by atoms with E-state index in [2.05, 4.69) is 30.9 Å². The fourth-order valence-electron chi connectivity index (χ4n) is 2.26. The van der Waals surface area contributed by atoms with Crippen LogP contribution in [0.4, 0.5) is 22.1 Å². The third-order valence-electron chi connectivity index (χ3n) is 3.43. The molecule has 3 rings (SSSR count). The summed E-state index contributed by atoms with van der Waals surface area (Å²) in [5.41, 5.74) is 7.84. The van der Waals surface area contributed by atoms with E-state index >= 15 is 0 Å². The van der Waals surface area contributed by atoms with Gasteiger partial charge in [-0.1, -0.05) is 12.1 Å². The lowest BCUT2D eigenvalue weighted by molar-refractivity contribution is 0.252. The van der Waals surface area contributed by atoms with Gasteiger partial charge in [0.2, 0.25) is 0 Å². The minimum Gasteiger partial charge on any atom is -0.384 e. The number of nitrogens with two attached hydrogens (primary N) is 1. The van der Waals surface area contributed by atoms with Crippen molar-refractivity contribution < 1.29 is 4.79 Å². The van der Waals surface area contributed by atoms with E-state index < -0.39 is 0 Å². The van der Waals surface area contributed by atoms with Crippen LogP contribution in [0.25, 0.3) is 11.2 Å². The maximum atomic E-state index is 11.6. The second-order valence-corrected chi connectivity index (χ2v) is 5.40. The summed E-state index contributed by atoms with van der Waals surface area (Å²) in [5, 5.41) is 15.9. The van der Waals surface area contributed by atoms with Gasteiger partial charge in [-0.15, -0.1) is 0 Å². The standard InChI is InChI=1S/C17H18N8O/c1-2-20-17(26)25-13-7-6-12-16(23-13)24-14(9-21-12)22-11-5-3-4-10(8-11)15(18)19/h3-9H,2H2,1H3,(H3,18,19)(H3,20,22,23,24,25,26). The molecule has 0 bridgehead atoms. The monoisotopic (exact) mass is 350 g/mol. The van der Waals surface area contributed by atoms with E-state index in [4.69, 9.17) is 11.1 Å². The highest BCUT2D eigenvalue weighted by atomic mass is 16.2. The van der Waals surface area contributed by atoms with Crippen LogP contribution in [0.2, 0.25) is 0 Å². The van der Waals surface area contributed by atoms with Gasteiger partial charge in [-0.3, -0.25) is 10.7 Å². The average Bonchev–Trinajstić information content (AvgIpc) is 2.62. The Morgan fingerprint density at radius 1 is 1.19 bits per heavy atom. The van der Waals surface area contributed by atoms with Crippen molar-refractivity contribution in [3.8, 4) is 0 Å². The normalized spacial score (nSPS) is 10.3. The summed E-state index contributed by atoms with van der Waals surface area (Å²) >= 11 is 0. The van der Waals surface area contributed by atoms with Crippen molar-refractivity contribution in [1.82, 2.24) is 20.3 Å². The lowest BCUT2D eigenvalue weighted by Crippen LogP contribution is -2.28. The van der Waals surface area contributed by atoms with Gasteiger partial charge in [-0.25, -0.2) is 19.7 Å². The predicted octanol–water partition coefficient (Wildman–Crippen LogP) is 2.19. The number of carbonyl (C=O) groups excluding carboxylic acids is 1. The number of nitrogens with one attached hydrogen (secondary N) is 4. The van der Waals surface area contributed by atoms with E-state index in [1.165, 1.54) is 0 Å². The number of anilines is 3. The van der Waals surface area contributed by atoms with Gasteiger partial charge < -0.3 is 16.4 Å². The molecule has 0 spiro atoms. The Hall–Kier alpha value is -3.75. The van der Waals surface area contributed by atoms with Gasteiger partial charge in [0.15, 0.2) is 11.5 Å². The molecule has 0 atom stereocenters. The molecule has 0 radical (unpaired) electrons. The highest BCUT2D eigenvalue weighted by Gasteiger charge is 2.06. The van der Waals surface area contributed by atoms with Crippen LogP contribution in [0.1, 0.15) is 12.5 Å². The van der Waals surface area contributed by atoms with Gasteiger partial charge in [0.25, 0.3) is 0 Å². The van der Waals surface area contributed by atoms with Crippen molar-refractivity contribution in [3.05, 3.63) is 48.2 Å². The van der Waals surface area contributed by atoms with E-state index in [0.717, 1.165) is 5.69 Å². The van der Waals surface area contributed by atoms with Crippen LogP contribution in [0.15, 0.2) is 42.6 Å². The molecule has 2 heterocycles. The summed E-state index contributed by atoms with van der Waals surface area (Å²) in [4.78, 5) is 24.6. The van der Waals surface area contributed by atoms with Crippen LogP contribution in [-0.4, -0.2) is 33.4 Å². The second kappa shape index (κ2) is 7.43. The number of nitrogens with zero attached hydrogens (tertiary/aromatic N) is 3. The van der Waals surface area contributed by atoms with Gasteiger partial charge in [0.05, 0.1) is 6.20 Å². The Kier molecular flexibility index (Phi) is 4.88. The first-order valence-electron chi connectivity index (χ1n) is 7.95. The number of carbonyl (C=O) groups is 1. The first-order valence-corrected chi connectivity index (χ1v) is 7.95. The van der Waals surface area contributed by atoms with Crippen LogP contribution in [0.5, 0.6) is 0 Å². The summed E-state index contributed by atoms with van der Waals surface area (Å²) in [6.07, 6.45) is 1.58. The van der Waals surface area contributed by atoms with Crippen LogP contribution >= 0.6 is 0 Å². The number of hydrogen-bond donors (Lipinski definition) is 5. The molecule has 9 heteroatoms. The molecule has 0 aliphatic heterocycles. The molecule has 0 fully saturated rings. The number of pyridine rings is 1. The van der Waals surface area contributed by atoms with Crippen LogP contribution < -0.4 is 21.7 Å². The lowest BCUT2D eigenvalue weighted by atomic mass is 10.2. The van der Waals surface area contributed by atoms with Crippen LogP contribution in [-0.2, 0) is 0 Å². The number of fused-ring (bicyclic) bond motifs is 1. The number of urea groups is 1. The number of hydrogen-bond acceptors (Lipinski definition) is 6. The van der Waals surface area contributed by atoms with E-state index in [0.29, 0.717) is 34.9 Å². The fraction of sp³-hybridized carbons (Fsp3) is 0.118. The molecule has 26 heavy (non-hydrogen) atoms. The van der Waals surface area contributed by atoms with Crippen molar-refractivity contribution in [2.45, 2.75) is 6.92 Å². The number of amides is 2. The summed E-state index contributed by atoms with van der Waals surface area (Å²) in [6, 6.07) is 10.2. The maximum Gasteiger partial charge on any atom is 0.320 e. The second-order valence-electron chi connectivity index (χ2n) is 5.40. The summed E-state index contributed by atoms with van der Waals surface area (Å²) in [5.74, 6) is 0.857. The van der Waals surface area contributed by atoms with Crippen molar-refractivity contribution in [1.29, 1.82) is 5.41 Å². The SMILES string of the molecule is CCNC(=O)Nc1ccc2ncc(Nc3cccc(C(=N)N)c3)nc2n1. The van der Waals surface area contributed by atoms with Crippen molar-refractivity contribution in [3.63, 3.8) is 0 Å². The topological polar surface area (TPSA) is 142 Å². The van der Waals surface area contributed by atoms with Crippen molar-refractivity contribution >= 4 is 40.4 Å². The number of aromatic nitrogens is 3. The van der Waals surface area contributed by atoms with Crippen LogP contribution in [0.3, 0.4) is 0 Å². The highest BCUT2D eigenvalue weighted by molar-refractivity contribution is 5.96. The molecular formula is C17H18N8O. The van der Waals surface area contributed by atoms with Crippen LogP contribution in [0, 0.1) is 5.41 Å². The van der Waals surface area contributed by atoms with Gasteiger partial charge >= 0.3 is 6.03 Å². The Morgan fingerprint density at radius 3 is 2.77 bits per heavy atom. The number of benzene rings is 1. The zero-order valence-electron chi connectivity index (χ0n) is 14.1. The highest BCUT2D eigenvalue weighted by Crippen LogP contribution is 2.18. The molecule has 132 valence electrons. The first-order chi connectivity index (χ1) is 12.5. The Bertz CT molecular complexity index is 972. The van der Waals surface area contributed by atoms with E-state index in [1.54, 1.807) is 36.5 Å². The Balaban J connectivity index is 1.84. The molecule has 2 amide bonds. The molecule has 0 aliphatic rings. The van der Waals surface area contributed by atoms with Crippen molar-refractivity contribution in [2.24, 2.45) is 5.73 Å². The molecule has 3 aromatic rings. The zero-order valence-corrected chi connectivity index (χ0v) is 14.1. The molecule has 1 aromatic carbocycles. The van der Waals surface area contributed by atoms with E-state index in [-0.39, 0.29) is 11.9 Å². The Morgan fingerprint density at radius 2 is 2.00 bits per heavy atom. The number of amidine groups is 1. The lowest BCUT2D eigenvalue weighted by Gasteiger charge is -2.08. The minimum atomic E-state index is -0.331. The average molecular weight is 350 g/mol. The molecular weight excluding hydrogens is 332 g/mol. The molecule has 0 saturated heterocycles. The van der Waals surface area contributed by atoms with E-state index in [1.807, 2.05) is 13.0 Å². The third-order valence-corrected chi connectivity index (χ3v) is 3.43. The molecule has 0 aliphatic carbocycles. The molecule has 6 N–H and O–H groups in total. The largest absolute Gasteiger partial charge is 0.384 e. The molecule has 0 saturated carbocycles. The first kappa shape index (κ1) is 17.1. The van der Waals surface area contributed by atoms with Gasteiger partial charge in [-0.2, -0.15) is 0 Å². The van der Waals surface area contributed by atoms with E-state index in [9.17, 15) is 4.79 Å². The van der Waals surface area contributed by atoms with Crippen molar-refractivity contribution in [2.75, 3.05) is 17.2 Å². The fourth-order valence-corrected chi connectivity index (χ4v) is 2.26. The van der Waals surface area contributed by atoms with Gasteiger partial charge in [0, 0.05) is 17.8 Å². The van der Waals surface area contributed by atoms with Gasteiger partial charge in [0.1, 0.15) is 17.2 Å². The maximum absolute atomic E-state index is 11.6. The number of nitrogen functional groups attached to an aromatic ring is 1. The smallest absolute Gasteiger partial charge is 0.320 e. The molecule has 0 unspecified atom stereocenters. The number of rotatable bonds is 5. The zero-order chi connectivity index (χ0) is 18.5. The minimum absolute atomic E-state index is 0.0130. The molecule has 9 nitrogen and oxygen atoms in total. The third kappa shape index (κ3) is 4.01. The predicted molar refractivity (Wildman–Crippen MR) is 101 cm³/mol. The molecule has 2 aromatic heterocycles. The Labute approximate surface area is 149 Å². The summed E-state index contributed by atoms with van der Waals surface area (Å²) < 4.78 is 0. The summed E-state index contributed by atoms with van der Waals surface area (Å²) in [7, 11) is 0. The van der Waals surface area contributed by atoms with Gasteiger partial charge in [-0.05, 0) is 31.2 Å². The quantitative estimate of drug-likeness (QED) is 0.353.